The Morgan fingerprint density at radius 2 is 2.33 bits per heavy atom. The van der Waals surface area contributed by atoms with E-state index in [0.29, 0.717) is 0 Å². The highest BCUT2D eigenvalue weighted by Gasteiger charge is 1.90. The van der Waals surface area contributed by atoms with Crippen LogP contribution in [0.4, 0.5) is 0 Å². The summed E-state index contributed by atoms with van der Waals surface area (Å²) in [6.45, 7) is 5.25. The van der Waals surface area contributed by atoms with Gasteiger partial charge in [0.2, 0.25) is 0 Å². The number of rotatable bonds is 5. The average molecular weight is 148 g/mol. The average Bonchev–Trinajstić information content (AvgIpc) is 1.80. The van der Waals surface area contributed by atoms with Crippen LogP contribution in [0, 0.1) is 0 Å². The van der Waals surface area contributed by atoms with Crippen molar-refractivity contribution in [2.75, 3.05) is 12.4 Å². The van der Waals surface area contributed by atoms with Crippen molar-refractivity contribution in [3.8, 4) is 0 Å². The first-order chi connectivity index (χ1) is 4.27. The van der Waals surface area contributed by atoms with Crippen molar-refractivity contribution in [3.63, 3.8) is 0 Å². The Balaban J connectivity index is 2.75. The monoisotopic (exact) mass is 148 g/mol. The maximum absolute atomic E-state index is 5.50. The standard InChI is InChI=1S/C6H16N2S/c1-3-4-8-5-9-6(2)7/h6,8H,3-5,7H2,1-2H3/t6-/m1/s1. The lowest BCUT2D eigenvalue weighted by molar-refractivity contribution is 0.754. The minimum absolute atomic E-state index is 0.259. The SMILES string of the molecule is CCCNCS[C@H](C)N. The van der Waals surface area contributed by atoms with Crippen LogP contribution in [0.3, 0.4) is 0 Å². The normalized spacial score (nSPS) is 13.7. The smallest absolute Gasteiger partial charge is 0.0491 e. The summed E-state index contributed by atoms with van der Waals surface area (Å²) in [5.41, 5.74) is 5.50. The molecule has 0 aromatic carbocycles. The quantitative estimate of drug-likeness (QED) is 0.451. The molecule has 0 aromatic heterocycles. The lowest BCUT2D eigenvalue weighted by Gasteiger charge is -2.04. The zero-order chi connectivity index (χ0) is 7.11. The van der Waals surface area contributed by atoms with Crippen LogP contribution >= 0.6 is 11.8 Å². The van der Waals surface area contributed by atoms with Gasteiger partial charge in [-0.3, -0.25) is 0 Å². The third-order valence-corrected chi connectivity index (χ3v) is 1.77. The van der Waals surface area contributed by atoms with Crippen molar-refractivity contribution in [2.24, 2.45) is 5.73 Å². The van der Waals surface area contributed by atoms with Crippen molar-refractivity contribution in [1.82, 2.24) is 5.32 Å². The van der Waals surface area contributed by atoms with E-state index in [2.05, 4.69) is 12.2 Å². The predicted molar refractivity (Wildman–Crippen MR) is 44.4 cm³/mol. The van der Waals surface area contributed by atoms with Crippen LogP contribution in [0.1, 0.15) is 20.3 Å². The molecule has 1 atom stereocenters. The maximum atomic E-state index is 5.50. The predicted octanol–water partition coefficient (Wildman–Crippen LogP) is 0.981. The summed E-state index contributed by atoms with van der Waals surface area (Å²) in [4.78, 5) is 0. The lowest BCUT2D eigenvalue weighted by Crippen LogP contribution is -2.19. The second kappa shape index (κ2) is 6.39. The minimum Gasteiger partial charge on any atom is -0.320 e. The van der Waals surface area contributed by atoms with E-state index in [9.17, 15) is 0 Å². The Morgan fingerprint density at radius 3 is 2.78 bits per heavy atom. The molecule has 3 N–H and O–H groups in total. The fourth-order valence-electron chi connectivity index (χ4n) is 0.439. The molecule has 0 saturated heterocycles. The van der Waals surface area contributed by atoms with Gasteiger partial charge >= 0.3 is 0 Å². The minimum atomic E-state index is 0.259. The Labute approximate surface area is 61.6 Å². The molecular formula is C6H16N2S. The molecular weight excluding hydrogens is 132 g/mol. The molecule has 0 aromatic rings. The molecule has 0 saturated carbocycles. The van der Waals surface area contributed by atoms with Gasteiger partial charge in [-0.05, 0) is 19.9 Å². The lowest BCUT2D eigenvalue weighted by atomic mass is 10.5. The fourth-order valence-corrected chi connectivity index (χ4v) is 0.964. The van der Waals surface area contributed by atoms with Gasteiger partial charge in [-0.15, -0.1) is 11.8 Å². The van der Waals surface area contributed by atoms with E-state index >= 15 is 0 Å². The van der Waals surface area contributed by atoms with E-state index in [-0.39, 0.29) is 5.37 Å². The highest BCUT2D eigenvalue weighted by atomic mass is 32.2. The fraction of sp³-hybridized carbons (Fsp3) is 1.00. The van der Waals surface area contributed by atoms with Gasteiger partial charge in [0, 0.05) is 11.3 Å². The summed E-state index contributed by atoms with van der Waals surface area (Å²) < 4.78 is 0. The molecule has 0 spiro atoms. The molecule has 9 heavy (non-hydrogen) atoms. The van der Waals surface area contributed by atoms with Gasteiger partial charge < -0.3 is 11.1 Å². The van der Waals surface area contributed by atoms with Gasteiger partial charge in [0.15, 0.2) is 0 Å². The van der Waals surface area contributed by atoms with E-state index < -0.39 is 0 Å². The Hall–Kier alpha value is 0.270. The second-order valence-electron chi connectivity index (χ2n) is 2.02. The molecule has 0 amide bonds. The number of hydrogen-bond donors (Lipinski definition) is 2. The number of nitrogens with one attached hydrogen (secondary N) is 1. The summed E-state index contributed by atoms with van der Waals surface area (Å²) in [6.07, 6.45) is 1.19. The summed E-state index contributed by atoms with van der Waals surface area (Å²) >= 11 is 1.74. The molecule has 0 unspecified atom stereocenters. The summed E-state index contributed by atoms with van der Waals surface area (Å²) in [7, 11) is 0. The molecule has 56 valence electrons. The van der Waals surface area contributed by atoms with Crippen molar-refractivity contribution in [2.45, 2.75) is 25.6 Å². The largest absolute Gasteiger partial charge is 0.320 e. The van der Waals surface area contributed by atoms with Gasteiger partial charge in [0.05, 0.1) is 0 Å². The summed E-state index contributed by atoms with van der Waals surface area (Å²) in [5, 5.41) is 3.51. The molecule has 0 heterocycles. The molecule has 2 nitrogen and oxygen atoms in total. The highest BCUT2D eigenvalue weighted by Crippen LogP contribution is 2.00. The molecule has 0 fully saturated rings. The van der Waals surface area contributed by atoms with Gasteiger partial charge in [0.25, 0.3) is 0 Å². The van der Waals surface area contributed by atoms with Crippen molar-refractivity contribution in [1.29, 1.82) is 0 Å². The Bertz CT molecular complexity index is 57.0. The molecule has 0 radical (unpaired) electrons. The van der Waals surface area contributed by atoms with Crippen LogP contribution in [-0.4, -0.2) is 17.8 Å². The van der Waals surface area contributed by atoms with Crippen molar-refractivity contribution >= 4 is 11.8 Å². The second-order valence-corrected chi connectivity index (χ2v) is 3.38. The van der Waals surface area contributed by atoms with E-state index in [0.717, 1.165) is 12.4 Å². The molecule has 0 aliphatic rings. The number of thioether (sulfide) groups is 1. The van der Waals surface area contributed by atoms with Crippen LogP contribution in [0.15, 0.2) is 0 Å². The van der Waals surface area contributed by atoms with Crippen molar-refractivity contribution < 1.29 is 0 Å². The van der Waals surface area contributed by atoms with Crippen LogP contribution < -0.4 is 11.1 Å². The van der Waals surface area contributed by atoms with Crippen molar-refractivity contribution in [3.05, 3.63) is 0 Å². The van der Waals surface area contributed by atoms with Crippen LogP contribution in [0.5, 0.6) is 0 Å². The summed E-state index contributed by atoms with van der Waals surface area (Å²) in [6, 6.07) is 0. The maximum Gasteiger partial charge on any atom is 0.0491 e. The number of hydrogen-bond acceptors (Lipinski definition) is 3. The van der Waals surface area contributed by atoms with Gasteiger partial charge in [0.1, 0.15) is 0 Å². The molecule has 3 heteroatoms. The van der Waals surface area contributed by atoms with E-state index in [1.54, 1.807) is 11.8 Å². The molecule has 0 rings (SSSR count). The van der Waals surface area contributed by atoms with Crippen LogP contribution in [-0.2, 0) is 0 Å². The summed E-state index contributed by atoms with van der Waals surface area (Å²) in [5.74, 6) is 0.978. The van der Waals surface area contributed by atoms with Gasteiger partial charge in [-0.1, -0.05) is 6.92 Å². The molecule has 0 aliphatic heterocycles. The van der Waals surface area contributed by atoms with Gasteiger partial charge in [-0.2, -0.15) is 0 Å². The third kappa shape index (κ3) is 8.27. The Morgan fingerprint density at radius 1 is 1.67 bits per heavy atom. The first-order valence-electron chi connectivity index (χ1n) is 3.35. The van der Waals surface area contributed by atoms with Crippen LogP contribution in [0.25, 0.3) is 0 Å². The number of nitrogens with two attached hydrogens (primary N) is 1. The molecule has 0 aliphatic carbocycles. The van der Waals surface area contributed by atoms with Gasteiger partial charge in [-0.25, -0.2) is 0 Å². The zero-order valence-corrected chi connectivity index (χ0v) is 7.00. The zero-order valence-electron chi connectivity index (χ0n) is 6.18. The molecule has 0 bridgehead atoms. The third-order valence-electron chi connectivity index (χ3n) is 0.875. The van der Waals surface area contributed by atoms with E-state index in [1.165, 1.54) is 6.42 Å². The first kappa shape index (κ1) is 9.27. The Kier molecular flexibility index (Phi) is 6.58. The first-order valence-corrected chi connectivity index (χ1v) is 4.40. The van der Waals surface area contributed by atoms with Crippen LogP contribution in [0.2, 0.25) is 0 Å². The van der Waals surface area contributed by atoms with E-state index in [4.69, 9.17) is 5.73 Å². The highest BCUT2D eigenvalue weighted by molar-refractivity contribution is 7.99. The van der Waals surface area contributed by atoms with E-state index in [1.807, 2.05) is 6.92 Å². The topological polar surface area (TPSA) is 38.0 Å².